The predicted octanol–water partition coefficient (Wildman–Crippen LogP) is 2.31. The van der Waals surface area contributed by atoms with Crippen molar-refractivity contribution in [3.05, 3.63) is 35.4 Å². The Morgan fingerprint density at radius 3 is 2.65 bits per heavy atom. The quantitative estimate of drug-likeness (QED) is 0.898. The largest absolute Gasteiger partial charge is 0.397 e. The van der Waals surface area contributed by atoms with Crippen molar-refractivity contribution in [2.75, 3.05) is 11.1 Å². The smallest absolute Gasteiger partial charge is 0.276 e. The van der Waals surface area contributed by atoms with Gasteiger partial charge in [0.25, 0.3) is 5.91 Å². The maximum atomic E-state index is 12.2. The topological polar surface area (TPSA) is 85.8 Å². The van der Waals surface area contributed by atoms with Gasteiger partial charge in [-0.1, -0.05) is 0 Å². The molecule has 0 aliphatic heterocycles. The number of nitrogens with one attached hydrogen (secondary N) is 1. The summed E-state index contributed by atoms with van der Waals surface area (Å²) in [4.78, 5) is 16.2. The predicted molar refractivity (Wildman–Crippen MR) is 78.7 cm³/mol. The number of rotatable bonds is 3. The second-order valence-corrected chi connectivity index (χ2v) is 4.98. The summed E-state index contributed by atoms with van der Waals surface area (Å²) >= 11 is 0. The molecule has 106 valence electrons. The molecule has 0 spiro atoms. The Morgan fingerprint density at radius 2 is 2.10 bits per heavy atom. The molecule has 20 heavy (non-hydrogen) atoms. The maximum Gasteiger partial charge on any atom is 0.276 e. The first-order chi connectivity index (χ1) is 9.41. The standard InChI is InChI=1S/C14H19N5O/c1-8(2)19-10(4)12(9(3)18-19)17-14(20)13-11(15)6-5-7-16-13/h5-8H,15H2,1-4H3,(H,17,20). The van der Waals surface area contributed by atoms with Crippen LogP contribution in [0.3, 0.4) is 0 Å². The van der Waals surface area contributed by atoms with E-state index in [0.29, 0.717) is 11.4 Å². The number of hydrogen-bond acceptors (Lipinski definition) is 4. The van der Waals surface area contributed by atoms with Crippen LogP contribution in [0, 0.1) is 13.8 Å². The molecule has 0 aliphatic rings. The SMILES string of the molecule is Cc1nn(C(C)C)c(C)c1NC(=O)c1ncccc1N. The zero-order chi connectivity index (χ0) is 14.9. The third kappa shape index (κ3) is 2.49. The summed E-state index contributed by atoms with van der Waals surface area (Å²) in [5, 5.41) is 7.28. The highest BCUT2D eigenvalue weighted by molar-refractivity contribution is 6.06. The molecule has 0 bridgehead atoms. The third-order valence-electron chi connectivity index (χ3n) is 3.11. The molecule has 2 aromatic heterocycles. The van der Waals surface area contributed by atoms with Gasteiger partial charge in [-0.2, -0.15) is 5.10 Å². The van der Waals surface area contributed by atoms with Gasteiger partial charge in [0.05, 0.1) is 22.8 Å². The van der Waals surface area contributed by atoms with Gasteiger partial charge in [0.1, 0.15) is 0 Å². The summed E-state index contributed by atoms with van der Waals surface area (Å²) in [6, 6.07) is 3.58. The molecule has 0 radical (unpaired) electrons. The first-order valence-corrected chi connectivity index (χ1v) is 6.49. The number of nitrogen functional groups attached to an aromatic ring is 1. The van der Waals surface area contributed by atoms with Crippen LogP contribution in [-0.2, 0) is 0 Å². The Morgan fingerprint density at radius 1 is 1.40 bits per heavy atom. The average molecular weight is 273 g/mol. The van der Waals surface area contributed by atoms with Gasteiger partial charge >= 0.3 is 0 Å². The van der Waals surface area contributed by atoms with Crippen LogP contribution in [0.5, 0.6) is 0 Å². The fourth-order valence-corrected chi connectivity index (χ4v) is 2.13. The summed E-state index contributed by atoms with van der Waals surface area (Å²) in [6.07, 6.45) is 1.54. The van der Waals surface area contributed by atoms with Crippen molar-refractivity contribution in [3.63, 3.8) is 0 Å². The summed E-state index contributed by atoms with van der Waals surface area (Å²) < 4.78 is 1.88. The van der Waals surface area contributed by atoms with E-state index in [1.54, 1.807) is 18.3 Å². The fraction of sp³-hybridized carbons (Fsp3) is 0.357. The van der Waals surface area contributed by atoms with E-state index in [1.165, 1.54) is 0 Å². The van der Waals surface area contributed by atoms with Gasteiger partial charge in [0, 0.05) is 12.2 Å². The lowest BCUT2D eigenvalue weighted by molar-refractivity contribution is 0.102. The van der Waals surface area contributed by atoms with Gasteiger partial charge in [-0.05, 0) is 39.8 Å². The number of carbonyl (C=O) groups is 1. The van der Waals surface area contributed by atoms with Crippen molar-refractivity contribution in [3.8, 4) is 0 Å². The summed E-state index contributed by atoms with van der Waals surface area (Å²) in [5.41, 5.74) is 8.75. The van der Waals surface area contributed by atoms with Crippen LogP contribution < -0.4 is 11.1 Å². The van der Waals surface area contributed by atoms with E-state index in [1.807, 2.05) is 32.4 Å². The molecular formula is C14H19N5O. The van der Waals surface area contributed by atoms with Gasteiger partial charge in [-0.25, -0.2) is 4.98 Å². The minimum Gasteiger partial charge on any atom is -0.397 e. The zero-order valence-electron chi connectivity index (χ0n) is 12.1. The minimum absolute atomic E-state index is 0.226. The number of carbonyl (C=O) groups excluding carboxylic acids is 1. The van der Waals surface area contributed by atoms with Gasteiger partial charge < -0.3 is 11.1 Å². The molecular weight excluding hydrogens is 254 g/mol. The van der Waals surface area contributed by atoms with Gasteiger partial charge in [-0.3, -0.25) is 9.48 Å². The number of nitrogens with zero attached hydrogens (tertiary/aromatic N) is 3. The molecule has 0 aliphatic carbocycles. The van der Waals surface area contributed by atoms with Crippen LogP contribution >= 0.6 is 0 Å². The lowest BCUT2D eigenvalue weighted by atomic mass is 10.2. The normalized spacial score (nSPS) is 10.8. The number of aryl methyl sites for hydroxylation is 1. The third-order valence-corrected chi connectivity index (χ3v) is 3.11. The number of nitrogens with two attached hydrogens (primary N) is 1. The second-order valence-electron chi connectivity index (χ2n) is 4.98. The van der Waals surface area contributed by atoms with Crippen LogP contribution in [0.25, 0.3) is 0 Å². The Balaban J connectivity index is 2.31. The molecule has 1 amide bonds. The Bertz CT molecular complexity index is 645. The summed E-state index contributed by atoms with van der Waals surface area (Å²) in [5.74, 6) is -0.322. The molecule has 2 rings (SSSR count). The van der Waals surface area contributed by atoms with Crippen LogP contribution in [-0.4, -0.2) is 20.7 Å². The van der Waals surface area contributed by atoms with Crippen LogP contribution in [0.2, 0.25) is 0 Å². The first kappa shape index (κ1) is 14.0. The summed E-state index contributed by atoms with van der Waals surface area (Å²) in [6.45, 7) is 7.88. The van der Waals surface area contributed by atoms with Crippen molar-refractivity contribution >= 4 is 17.3 Å². The highest BCUT2D eigenvalue weighted by atomic mass is 16.1. The molecule has 0 unspecified atom stereocenters. The van der Waals surface area contributed by atoms with E-state index >= 15 is 0 Å². The maximum absolute atomic E-state index is 12.2. The van der Waals surface area contributed by atoms with E-state index in [2.05, 4.69) is 15.4 Å². The van der Waals surface area contributed by atoms with E-state index in [9.17, 15) is 4.79 Å². The fourth-order valence-electron chi connectivity index (χ4n) is 2.13. The van der Waals surface area contributed by atoms with Crippen LogP contribution in [0.1, 0.15) is 41.8 Å². The number of amides is 1. The van der Waals surface area contributed by atoms with Crippen molar-refractivity contribution in [2.24, 2.45) is 0 Å². The lowest BCUT2D eigenvalue weighted by Gasteiger charge is -2.09. The number of aromatic nitrogens is 3. The summed E-state index contributed by atoms with van der Waals surface area (Å²) in [7, 11) is 0. The Hall–Kier alpha value is -2.37. The minimum atomic E-state index is -0.322. The number of anilines is 2. The molecule has 6 heteroatoms. The zero-order valence-corrected chi connectivity index (χ0v) is 12.1. The van der Waals surface area contributed by atoms with Crippen molar-refractivity contribution in [1.82, 2.24) is 14.8 Å². The van der Waals surface area contributed by atoms with E-state index in [4.69, 9.17) is 5.73 Å². The van der Waals surface area contributed by atoms with Gasteiger partial charge in [0.2, 0.25) is 0 Å². The van der Waals surface area contributed by atoms with E-state index < -0.39 is 0 Å². The number of pyridine rings is 1. The number of hydrogen-bond donors (Lipinski definition) is 2. The molecule has 6 nitrogen and oxygen atoms in total. The molecule has 0 atom stereocenters. The lowest BCUT2D eigenvalue weighted by Crippen LogP contribution is -2.16. The van der Waals surface area contributed by atoms with Crippen LogP contribution in [0.4, 0.5) is 11.4 Å². The molecule has 3 N–H and O–H groups in total. The highest BCUT2D eigenvalue weighted by Gasteiger charge is 2.18. The monoisotopic (exact) mass is 273 g/mol. The molecule has 2 heterocycles. The Labute approximate surface area is 118 Å². The van der Waals surface area contributed by atoms with E-state index in [0.717, 1.165) is 11.4 Å². The van der Waals surface area contributed by atoms with Crippen molar-refractivity contribution < 1.29 is 4.79 Å². The molecule has 2 aromatic rings. The highest BCUT2D eigenvalue weighted by Crippen LogP contribution is 2.23. The van der Waals surface area contributed by atoms with Crippen LogP contribution in [0.15, 0.2) is 18.3 Å². The van der Waals surface area contributed by atoms with Crippen molar-refractivity contribution in [2.45, 2.75) is 33.7 Å². The van der Waals surface area contributed by atoms with Gasteiger partial charge in [0.15, 0.2) is 5.69 Å². The van der Waals surface area contributed by atoms with Crippen molar-refractivity contribution in [1.29, 1.82) is 0 Å². The van der Waals surface area contributed by atoms with Gasteiger partial charge in [-0.15, -0.1) is 0 Å². The Kier molecular flexibility index (Phi) is 3.74. The first-order valence-electron chi connectivity index (χ1n) is 6.49. The second kappa shape index (κ2) is 5.32. The molecule has 0 saturated heterocycles. The van der Waals surface area contributed by atoms with E-state index in [-0.39, 0.29) is 17.6 Å². The average Bonchev–Trinajstić information content (AvgIpc) is 2.67. The molecule has 0 fully saturated rings. The molecule has 0 saturated carbocycles. The molecule has 0 aromatic carbocycles.